The van der Waals surface area contributed by atoms with Crippen LogP contribution in [0.2, 0.25) is 0 Å². The molecule has 4 fully saturated rings. The van der Waals surface area contributed by atoms with Crippen LogP contribution in [-0.4, -0.2) is 52.5 Å². The molecule has 148 valence electrons. The summed E-state index contributed by atoms with van der Waals surface area (Å²) in [4.78, 5) is 30.6. The average molecular weight is 380 g/mol. The van der Waals surface area contributed by atoms with E-state index in [-0.39, 0.29) is 11.5 Å². The van der Waals surface area contributed by atoms with Gasteiger partial charge in [-0.2, -0.15) is 0 Å². The number of carbonyl (C=O) groups excluding carboxylic acids is 1. The number of hydrogen-bond acceptors (Lipinski definition) is 3. The molecular formula is C23H29N3O2. The van der Waals surface area contributed by atoms with E-state index in [1.54, 1.807) is 11.6 Å². The summed E-state index contributed by atoms with van der Waals surface area (Å²) < 4.78 is 1.62. The van der Waals surface area contributed by atoms with E-state index in [2.05, 4.69) is 4.90 Å². The summed E-state index contributed by atoms with van der Waals surface area (Å²) in [6, 6.07) is 9.73. The van der Waals surface area contributed by atoms with Gasteiger partial charge in [-0.25, -0.2) is 0 Å². The third kappa shape index (κ3) is 3.06. The molecule has 2 aromatic rings. The molecule has 3 aliphatic heterocycles. The van der Waals surface area contributed by atoms with E-state index in [4.69, 9.17) is 0 Å². The minimum absolute atomic E-state index is 0.0243. The van der Waals surface area contributed by atoms with Crippen LogP contribution in [0.15, 0.2) is 35.1 Å². The van der Waals surface area contributed by atoms with Gasteiger partial charge in [0, 0.05) is 50.7 Å². The van der Waals surface area contributed by atoms with Crippen LogP contribution in [0, 0.1) is 11.8 Å². The first-order chi connectivity index (χ1) is 13.6. The Balaban J connectivity index is 1.44. The van der Waals surface area contributed by atoms with Crippen molar-refractivity contribution in [3.05, 3.63) is 46.2 Å². The number of aromatic nitrogens is 1. The third-order valence-electron chi connectivity index (χ3n) is 7.22. The van der Waals surface area contributed by atoms with Crippen molar-refractivity contribution in [3.8, 4) is 0 Å². The highest BCUT2D eigenvalue weighted by molar-refractivity contribution is 6.06. The van der Waals surface area contributed by atoms with Crippen LogP contribution in [0.5, 0.6) is 0 Å². The summed E-state index contributed by atoms with van der Waals surface area (Å²) in [5, 5.41) is 0.873. The molecule has 5 heteroatoms. The summed E-state index contributed by atoms with van der Waals surface area (Å²) in [5.41, 5.74) is 1.26. The zero-order valence-electron chi connectivity index (χ0n) is 16.6. The zero-order chi connectivity index (χ0) is 19.3. The number of rotatable bonds is 3. The number of aryl methyl sites for hydroxylation is 1. The standard InChI is InChI=1S/C23H29N3O2/c1-24-21-8-3-2-7-19(21)20(11-22(24)27)23(28)26-14-17-9-10-18(15-26)25(13-17)12-16-5-4-6-16/h2-3,7-8,11,16-18H,4-6,9-10,12-15H2,1H3/t17-,18-/m1/s1. The molecule has 0 N–H and O–H groups in total. The lowest BCUT2D eigenvalue weighted by atomic mass is 9.83. The number of piperidine rings is 1. The molecule has 4 heterocycles. The van der Waals surface area contributed by atoms with E-state index in [1.807, 2.05) is 29.2 Å². The summed E-state index contributed by atoms with van der Waals surface area (Å²) in [6.45, 7) is 3.95. The molecule has 2 bridgehead atoms. The second kappa shape index (κ2) is 7.03. The van der Waals surface area contributed by atoms with Gasteiger partial charge in [-0.05, 0) is 43.6 Å². The lowest BCUT2D eigenvalue weighted by molar-refractivity contribution is 0.0718. The van der Waals surface area contributed by atoms with Gasteiger partial charge in [0.2, 0.25) is 0 Å². The zero-order valence-corrected chi connectivity index (χ0v) is 16.6. The van der Waals surface area contributed by atoms with Crippen molar-refractivity contribution in [1.29, 1.82) is 0 Å². The molecule has 1 aliphatic carbocycles. The highest BCUT2D eigenvalue weighted by Gasteiger charge is 2.38. The highest BCUT2D eigenvalue weighted by atomic mass is 16.2. The molecule has 0 unspecified atom stereocenters. The lowest BCUT2D eigenvalue weighted by Gasteiger charge is -2.40. The minimum atomic E-state index is -0.119. The lowest BCUT2D eigenvalue weighted by Crippen LogP contribution is -2.47. The Hall–Kier alpha value is -2.14. The highest BCUT2D eigenvalue weighted by Crippen LogP contribution is 2.33. The maximum absolute atomic E-state index is 13.5. The van der Waals surface area contributed by atoms with Gasteiger partial charge in [0.05, 0.1) is 11.1 Å². The predicted molar refractivity (Wildman–Crippen MR) is 111 cm³/mol. The predicted octanol–water partition coefficient (Wildman–Crippen LogP) is 2.88. The number of carbonyl (C=O) groups is 1. The molecule has 1 aromatic heterocycles. The molecule has 0 radical (unpaired) electrons. The second-order valence-electron chi connectivity index (χ2n) is 9.03. The Labute approximate surface area is 165 Å². The van der Waals surface area contributed by atoms with Crippen LogP contribution in [0.3, 0.4) is 0 Å². The van der Waals surface area contributed by atoms with Gasteiger partial charge >= 0.3 is 0 Å². The van der Waals surface area contributed by atoms with Crippen molar-refractivity contribution in [3.63, 3.8) is 0 Å². The number of para-hydroxylation sites is 1. The molecular weight excluding hydrogens is 350 g/mol. The molecule has 1 amide bonds. The minimum Gasteiger partial charge on any atom is -0.337 e. The first-order valence-electron chi connectivity index (χ1n) is 10.7. The number of fused-ring (bicyclic) bond motifs is 5. The number of benzene rings is 1. The monoisotopic (exact) mass is 379 g/mol. The van der Waals surface area contributed by atoms with Crippen LogP contribution in [0.25, 0.3) is 10.9 Å². The Morgan fingerprint density at radius 3 is 2.68 bits per heavy atom. The molecule has 3 saturated heterocycles. The fourth-order valence-corrected chi connectivity index (χ4v) is 5.33. The van der Waals surface area contributed by atoms with Crippen LogP contribution < -0.4 is 5.56 Å². The number of hydrogen-bond donors (Lipinski definition) is 0. The number of amides is 1. The molecule has 5 nitrogen and oxygen atoms in total. The molecule has 28 heavy (non-hydrogen) atoms. The Kier molecular flexibility index (Phi) is 4.50. The van der Waals surface area contributed by atoms with Crippen molar-refractivity contribution in [2.45, 2.75) is 38.1 Å². The van der Waals surface area contributed by atoms with E-state index in [9.17, 15) is 9.59 Å². The first kappa shape index (κ1) is 17.9. The fraction of sp³-hybridized carbons (Fsp3) is 0.565. The Morgan fingerprint density at radius 1 is 1.07 bits per heavy atom. The topological polar surface area (TPSA) is 45.6 Å². The molecule has 1 saturated carbocycles. The SMILES string of the molecule is Cn1c(=O)cc(C(=O)N2C[C@@H]3CC[C@H](C2)N(CC2CCC2)C3)c2ccccc21. The van der Waals surface area contributed by atoms with Gasteiger partial charge in [0.15, 0.2) is 0 Å². The maximum Gasteiger partial charge on any atom is 0.254 e. The van der Waals surface area contributed by atoms with E-state index < -0.39 is 0 Å². The number of pyridine rings is 1. The fourth-order valence-electron chi connectivity index (χ4n) is 5.33. The Morgan fingerprint density at radius 2 is 1.89 bits per heavy atom. The van der Waals surface area contributed by atoms with E-state index in [0.717, 1.165) is 36.5 Å². The van der Waals surface area contributed by atoms with Gasteiger partial charge in [-0.1, -0.05) is 24.6 Å². The Bertz CT molecular complexity index is 962. The summed E-state index contributed by atoms with van der Waals surface area (Å²) in [5.74, 6) is 1.45. The smallest absolute Gasteiger partial charge is 0.254 e. The summed E-state index contributed by atoms with van der Waals surface area (Å²) in [6.07, 6.45) is 6.53. The molecule has 6 rings (SSSR count). The van der Waals surface area contributed by atoms with E-state index >= 15 is 0 Å². The second-order valence-corrected chi connectivity index (χ2v) is 9.03. The maximum atomic E-state index is 13.5. The van der Waals surface area contributed by atoms with Crippen LogP contribution >= 0.6 is 0 Å². The van der Waals surface area contributed by atoms with Crippen molar-refractivity contribution in [1.82, 2.24) is 14.4 Å². The quantitative estimate of drug-likeness (QED) is 0.824. The van der Waals surface area contributed by atoms with Crippen LogP contribution in [0.4, 0.5) is 0 Å². The van der Waals surface area contributed by atoms with Crippen LogP contribution in [-0.2, 0) is 7.05 Å². The van der Waals surface area contributed by atoms with E-state index in [1.165, 1.54) is 44.7 Å². The normalized spacial score (nSPS) is 25.7. The van der Waals surface area contributed by atoms with Gasteiger partial charge in [-0.3, -0.25) is 14.5 Å². The third-order valence-corrected chi connectivity index (χ3v) is 7.22. The van der Waals surface area contributed by atoms with Crippen LogP contribution in [0.1, 0.15) is 42.5 Å². The van der Waals surface area contributed by atoms with Gasteiger partial charge in [0.25, 0.3) is 11.5 Å². The summed E-state index contributed by atoms with van der Waals surface area (Å²) >= 11 is 0. The van der Waals surface area contributed by atoms with Gasteiger partial charge in [0.1, 0.15) is 0 Å². The van der Waals surface area contributed by atoms with Gasteiger partial charge < -0.3 is 9.47 Å². The van der Waals surface area contributed by atoms with Crippen molar-refractivity contribution in [2.24, 2.45) is 18.9 Å². The summed E-state index contributed by atoms with van der Waals surface area (Å²) in [7, 11) is 1.77. The van der Waals surface area contributed by atoms with Crippen molar-refractivity contribution in [2.75, 3.05) is 26.2 Å². The molecule has 4 aliphatic rings. The molecule has 2 atom stereocenters. The molecule has 1 aromatic carbocycles. The average Bonchev–Trinajstić information content (AvgIpc) is 2.99. The van der Waals surface area contributed by atoms with Crippen molar-refractivity contribution >= 4 is 16.8 Å². The largest absolute Gasteiger partial charge is 0.337 e. The van der Waals surface area contributed by atoms with E-state index in [0.29, 0.717) is 17.5 Å². The van der Waals surface area contributed by atoms with Gasteiger partial charge in [-0.15, -0.1) is 0 Å². The van der Waals surface area contributed by atoms with Crippen molar-refractivity contribution < 1.29 is 4.79 Å². The number of nitrogens with zero attached hydrogens (tertiary/aromatic N) is 3. The first-order valence-corrected chi connectivity index (χ1v) is 10.7. The molecule has 0 spiro atoms.